The molecule has 8 heteroatoms. The van der Waals surface area contributed by atoms with Crippen molar-refractivity contribution in [1.82, 2.24) is 10.3 Å². The number of carbonyl (C=O) groups excluding carboxylic acids is 3. The van der Waals surface area contributed by atoms with Crippen molar-refractivity contribution in [3.8, 4) is 5.75 Å². The highest BCUT2D eigenvalue weighted by Crippen LogP contribution is 2.27. The molecule has 2 amide bonds. The second kappa shape index (κ2) is 14.1. The highest BCUT2D eigenvalue weighted by Gasteiger charge is 2.22. The van der Waals surface area contributed by atoms with Crippen LogP contribution in [0, 0.1) is 6.92 Å². The lowest BCUT2D eigenvalue weighted by atomic mass is 10.1. The summed E-state index contributed by atoms with van der Waals surface area (Å²) in [6.07, 6.45) is 1.23. The van der Waals surface area contributed by atoms with Crippen LogP contribution in [0.2, 0.25) is 0 Å². The standard InChI is InChI=1S/C35H35N3O4S/c1-23-29(30-20-28(42-2)16-17-31(30)36-23)21-34(40)38-32(13-8-18-43-22-33(39)25-10-4-3-5-11-25)35(41)37-27-15-14-24-9-6-7-12-26(24)19-27/h3-7,9-12,14-17,19-20,32,36H,8,13,18,21-22H2,1-2H3,(H,37,41)(H,38,40)/t32-/m0/s1. The Labute approximate surface area is 255 Å². The Bertz CT molecular complexity index is 1750. The third-order valence-corrected chi connectivity index (χ3v) is 8.49. The molecule has 1 atom stereocenters. The molecule has 0 saturated heterocycles. The van der Waals surface area contributed by atoms with Crippen molar-refractivity contribution in [2.45, 2.75) is 32.2 Å². The first-order valence-corrected chi connectivity index (χ1v) is 15.5. The van der Waals surface area contributed by atoms with Crippen molar-refractivity contribution in [3.05, 3.63) is 108 Å². The number of nitrogens with one attached hydrogen (secondary N) is 3. The summed E-state index contributed by atoms with van der Waals surface area (Å²) in [5.74, 6) is 1.34. The molecule has 0 radical (unpaired) electrons. The predicted molar refractivity (Wildman–Crippen MR) is 175 cm³/mol. The van der Waals surface area contributed by atoms with Gasteiger partial charge in [-0.3, -0.25) is 14.4 Å². The first-order chi connectivity index (χ1) is 20.9. The minimum atomic E-state index is -0.732. The molecule has 3 N–H and O–H groups in total. The minimum absolute atomic E-state index is 0.0789. The Morgan fingerprint density at radius 1 is 0.907 bits per heavy atom. The number of H-pyrrole nitrogens is 1. The van der Waals surface area contributed by atoms with Gasteiger partial charge < -0.3 is 20.4 Å². The van der Waals surface area contributed by atoms with Crippen molar-refractivity contribution in [2.24, 2.45) is 0 Å². The molecule has 0 aliphatic heterocycles. The smallest absolute Gasteiger partial charge is 0.246 e. The summed E-state index contributed by atoms with van der Waals surface area (Å²) in [5, 5.41) is 9.00. The normalized spacial score (nSPS) is 11.8. The number of carbonyl (C=O) groups is 3. The third-order valence-electron chi connectivity index (χ3n) is 7.44. The van der Waals surface area contributed by atoms with Crippen LogP contribution in [-0.4, -0.2) is 47.2 Å². The van der Waals surface area contributed by atoms with Crippen LogP contribution in [0.1, 0.15) is 34.5 Å². The van der Waals surface area contributed by atoms with E-state index < -0.39 is 6.04 Å². The fourth-order valence-electron chi connectivity index (χ4n) is 5.15. The van der Waals surface area contributed by atoms with E-state index in [4.69, 9.17) is 4.74 Å². The average molecular weight is 594 g/mol. The van der Waals surface area contributed by atoms with Crippen molar-refractivity contribution in [3.63, 3.8) is 0 Å². The Morgan fingerprint density at radius 3 is 2.47 bits per heavy atom. The van der Waals surface area contributed by atoms with Crippen LogP contribution in [0.4, 0.5) is 5.69 Å². The Morgan fingerprint density at radius 2 is 1.67 bits per heavy atom. The molecule has 0 spiro atoms. The van der Waals surface area contributed by atoms with Crippen molar-refractivity contribution in [2.75, 3.05) is 23.9 Å². The summed E-state index contributed by atoms with van der Waals surface area (Å²) in [5.41, 5.74) is 4.06. The number of amides is 2. The molecule has 7 nitrogen and oxygen atoms in total. The number of aryl methyl sites for hydroxylation is 1. The molecule has 220 valence electrons. The number of anilines is 1. The second-order valence-electron chi connectivity index (χ2n) is 10.5. The monoisotopic (exact) mass is 593 g/mol. The van der Waals surface area contributed by atoms with E-state index in [1.165, 1.54) is 11.8 Å². The zero-order valence-electron chi connectivity index (χ0n) is 24.3. The zero-order chi connectivity index (χ0) is 30.2. The summed E-state index contributed by atoms with van der Waals surface area (Å²) >= 11 is 1.53. The van der Waals surface area contributed by atoms with Gasteiger partial charge in [-0.1, -0.05) is 60.7 Å². The number of fused-ring (bicyclic) bond motifs is 2. The average Bonchev–Trinajstić information content (AvgIpc) is 3.33. The minimum Gasteiger partial charge on any atom is -0.497 e. The van der Waals surface area contributed by atoms with E-state index in [1.54, 1.807) is 7.11 Å². The summed E-state index contributed by atoms with van der Waals surface area (Å²) in [6.45, 7) is 1.94. The van der Waals surface area contributed by atoms with Gasteiger partial charge >= 0.3 is 0 Å². The molecule has 0 bridgehead atoms. The molecule has 1 aromatic heterocycles. The molecule has 0 saturated carbocycles. The number of ketones is 1. The van der Waals surface area contributed by atoms with E-state index in [9.17, 15) is 14.4 Å². The van der Waals surface area contributed by atoms with Crippen molar-refractivity contribution >= 4 is 56.7 Å². The van der Waals surface area contributed by atoms with Crippen molar-refractivity contribution < 1.29 is 19.1 Å². The van der Waals surface area contributed by atoms with Gasteiger partial charge in [0, 0.05) is 27.8 Å². The van der Waals surface area contributed by atoms with Crippen LogP contribution in [-0.2, 0) is 16.0 Å². The number of rotatable bonds is 13. The van der Waals surface area contributed by atoms with Crippen LogP contribution in [0.15, 0.2) is 91.0 Å². The molecular weight excluding hydrogens is 558 g/mol. The van der Waals surface area contributed by atoms with Crippen molar-refractivity contribution in [1.29, 1.82) is 0 Å². The van der Waals surface area contributed by atoms with Gasteiger partial charge in [-0.05, 0) is 72.2 Å². The Kier molecular flexibility index (Phi) is 9.79. The maximum atomic E-state index is 13.5. The molecule has 0 aliphatic rings. The lowest BCUT2D eigenvalue weighted by molar-refractivity contribution is -0.126. The third kappa shape index (κ3) is 7.64. The molecule has 0 aliphatic carbocycles. The molecule has 0 fully saturated rings. The van der Waals surface area contributed by atoms with E-state index in [2.05, 4.69) is 15.6 Å². The van der Waals surface area contributed by atoms with E-state index in [0.717, 1.165) is 32.9 Å². The van der Waals surface area contributed by atoms with E-state index >= 15 is 0 Å². The SMILES string of the molecule is COc1ccc2[nH]c(C)c(CC(=O)N[C@@H](CCCSCC(=O)c3ccccc3)C(=O)Nc3ccc4ccccc4c3)c2c1. The Balaban J connectivity index is 1.25. The first kappa shape index (κ1) is 29.9. The molecule has 5 rings (SSSR count). The fourth-order valence-corrected chi connectivity index (χ4v) is 6.02. The number of benzene rings is 4. The highest BCUT2D eigenvalue weighted by atomic mass is 32.2. The summed E-state index contributed by atoms with van der Waals surface area (Å²) in [6, 6.07) is 27.9. The highest BCUT2D eigenvalue weighted by molar-refractivity contribution is 7.99. The molecule has 4 aromatic carbocycles. The summed E-state index contributed by atoms with van der Waals surface area (Å²) in [4.78, 5) is 42.6. The van der Waals surface area contributed by atoms with E-state index in [1.807, 2.05) is 97.9 Å². The number of ether oxygens (including phenoxy) is 1. The molecule has 1 heterocycles. The van der Waals surface area contributed by atoms with Gasteiger partial charge in [-0.25, -0.2) is 0 Å². The molecular formula is C35H35N3O4S. The van der Waals surface area contributed by atoms with E-state index in [-0.39, 0.29) is 24.0 Å². The number of hydrogen-bond donors (Lipinski definition) is 3. The number of aromatic amines is 1. The lowest BCUT2D eigenvalue weighted by Crippen LogP contribution is -2.44. The summed E-state index contributed by atoms with van der Waals surface area (Å²) in [7, 11) is 1.61. The topological polar surface area (TPSA) is 100 Å². The fraction of sp³-hybridized carbons (Fsp3) is 0.229. The maximum Gasteiger partial charge on any atom is 0.246 e. The Hall–Kier alpha value is -4.56. The number of thioether (sulfide) groups is 1. The van der Waals surface area contributed by atoms with Gasteiger partial charge in [0.05, 0.1) is 19.3 Å². The number of methoxy groups -OCH3 is 1. The van der Waals surface area contributed by atoms with Crippen LogP contribution in [0.5, 0.6) is 5.75 Å². The van der Waals surface area contributed by atoms with Crippen LogP contribution in [0.3, 0.4) is 0 Å². The quantitative estimate of drug-likeness (QED) is 0.104. The van der Waals surface area contributed by atoms with Crippen LogP contribution < -0.4 is 15.4 Å². The van der Waals surface area contributed by atoms with Gasteiger partial charge in [0.1, 0.15) is 11.8 Å². The molecule has 0 unspecified atom stereocenters. The van der Waals surface area contributed by atoms with Gasteiger partial charge in [0.15, 0.2) is 5.78 Å². The largest absolute Gasteiger partial charge is 0.497 e. The number of hydrogen-bond acceptors (Lipinski definition) is 5. The lowest BCUT2D eigenvalue weighted by Gasteiger charge is -2.19. The van der Waals surface area contributed by atoms with Gasteiger partial charge in [-0.15, -0.1) is 0 Å². The van der Waals surface area contributed by atoms with Crippen LogP contribution >= 0.6 is 11.8 Å². The van der Waals surface area contributed by atoms with Gasteiger partial charge in [0.25, 0.3) is 0 Å². The van der Waals surface area contributed by atoms with Gasteiger partial charge in [-0.2, -0.15) is 11.8 Å². The summed E-state index contributed by atoms with van der Waals surface area (Å²) < 4.78 is 5.38. The first-order valence-electron chi connectivity index (χ1n) is 14.3. The van der Waals surface area contributed by atoms with Crippen LogP contribution in [0.25, 0.3) is 21.7 Å². The maximum absolute atomic E-state index is 13.5. The predicted octanol–water partition coefficient (Wildman–Crippen LogP) is 6.70. The second-order valence-corrected chi connectivity index (χ2v) is 11.6. The molecule has 43 heavy (non-hydrogen) atoms. The zero-order valence-corrected chi connectivity index (χ0v) is 25.1. The van der Waals surface area contributed by atoms with Gasteiger partial charge in [0.2, 0.25) is 11.8 Å². The number of aromatic nitrogens is 1. The van der Waals surface area contributed by atoms with E-state index in [0.29, 0.717) is 41.3 Å². The molecule has 5 aromatic rings. The number of Topliss-reactive ketones (excluding diaryl/α,β-unsaturated/α-hetero) is 1.